The Hall–Kier alpha value is -2.09. The molecule has 8 heteroatoms. The number of esters is 1. The van der Waals surface area contributed by atoms with E-state index in [1.807, 2.05) is 33.8 Å². The minimum Gasteiger partial charge on any atom is -0.507 e. The number of carbonyl (C=O) groups excluding carboxylic acids is 2. The highest BCUT2D eigenvalue weighted by atomic mass is 32.2. The summed E-state index contributed by atoms with van der Waals surface area (Å²) in [7, 11) is -3.16. The van der Waals surface area contributed by atoms with Crippen molar-refractivity contribution in [2.24, 2.45) is 0 Å². The zero-order chi connectivity index (χ0) is 21.3. The standard InChI is InChI=1S/C20H29NO6S/c1-12(2)14-8-15(13(3)4)18(23)16(9-14)19(24)27-10-17(22)21-20(5)6-7-28(25,26)11-20/h8-9,12-13,23H,6-7,10-11H2,1-5H3,(H,21,22)/t20-/m1/s1. The van der Waals surface area contributed by atoms with E-state index in [1.54, 1.807) is 13.0 Å². The Bertz CT molecular complexity index is 875. The van der Waals surface area contributed by atoms with Gasteiger partial charge in [-0.25, -0.2) is 13.2 Å². The topological polar surface area (TPSA) is 110 Å². The van der Waals surface area contributed by atoms with Crippen molar-refractivity contribution in [3.05, 3.63) is 28.8 Å². The van der Waals surface area contributed by atoms with Gasteiger partial charge in [0.25, 0.3) is 5.91 Å². The van der Waals surface area contributed by atoms with Crippen molar-refractivity contribution in [2.75, 3.05) is 18.1 Å². The van der Waals surface area contributed by atoms with Crippen LogP contribution < -0.4 is 5.32 Å². The van der Waals surface area contributed by atoms with Gasteiger partial charge in [0, 0.05) is 0 Å². The molecule has 156 valence electrons. The highest BCUT2D eigenvalue weighted by Gasteiger charge is 2.39. The Morgan fingerprint density at radius 3 is 2.36 bits per heavy atom. The summed E-state index contributed by atoms with van der Waals surface area (Å²) >= 11 is 0. The number of amides is 1. The lowest BCUT2D eigenvalue weighted by Crippen LogP contribution is -2.48. The molecule has 1 aliphatic rings. The van der Waals surface area contributed by atoms with Crippen LogP contribution in [0.2, 0.25) is 0 Å². The number of sulfone groups is 1. The van der Waals surface area contributed by atoms with Gasteiger partial charge in [0.1, 0.15) is 11.3 Å². The molecule has 1 heterocycles. The van der Waals surface area contributed by atoms with Crippen LogP contribution in [0.1, 0.15) is 74.4 Å². The molecule has 1 aliphatic heterocycles. The number of ether oxygens (including phenoxy) is 1. The summed E-state index contributed by atoms with van der Waals surface area (Å²) in [6.45, 7) is 8.90. The second kappa shape index (κ2) is 8.11. The van der Waals surface area contributed by atoms with Crippen LogP contribution in [0.5, 0.6) is 5.75 Å². The smallest absolute Gasteiger partial charge is 0.342 e. The molecule has 1 aromatic rings. The Kier molecular flexibility index (Phi) is 6.43. The molecule has 0 bridgehead atoms. The van der Waals surface area contributed by atoms with E-state index in [2.05, 4.69) is 5.32 Å². The predicted octanol–water partition coefficient (Wildman–Crippen LogP) is 2.49. The lowest BCUT2D eigenvalue weighted by molar-refractivity contribution is -0.125. The highest BCUT2D eigenvalue weighted by Crippen LogP contribution is 2.33. The Balaban J connectivity index is 2.09. The molecule has 2 N–H and O–H groups in total. The van der Waals surface area contributed by atoms with E-state index in [4.69, 9.17) is 4.74 Å². The quantitative estimate of drug-likeness (QED) is 0.696. The van der Waals surface area contributed by atoms with Gasteiger partial charge in [0.05, 0.1) is 17.0 Å². The largest absolute Gasteiger partial charge is 0.507 e. The zero-order valence-corrected chi connectivity index (χ0v) is 17.9. The third kappa shape index (κ3) is 5.25. The fourth-order valence-corrected chi connectivity index (χ4v) is 5.39. The molecule has 0 aromatic heterocycles. The van der Waals surface area contributed by atoms with Crippen molar-refractivity contribution in [3.8, 4) is 5.75 Å². The number of rotatable bonds is 6. The predicted molar refractivity (Wildman–Crippen MR) is 106 cm³/mol. The molecule has 0 saturated carbocycles. The lowest BCUT2D eigenvalue weighted by atomic mass is 9.92. The van der Waals surface area contributed by atoms with E-state index in [0.717, 1.165) is 5.56 Å². The Morgan fingerprint density at radius 2 is 1.86 bits per heavy atom. The van der Waals surface area contributed by atoms with Gasteiger partial charge < -0.3 is 15.2 Å². The van der Waals surface area contributed by atoms with Crippen LogP contribution in [-0.4, -0.2) is 49.1 Å². The Labute approximate surface area is 166 Å². The van der Waals surface area contributed by atoms with Gasteiger partial charge in [0.15, 0.2) is 16.4 Å². The van der Waals surface area contributed by atoms with Gasteiger partial charge in [-0.2, -0.15) is 0 Å². The summed E-state index contributed by atoms with van der Waals surface area (Å²) in [5.41, 5.74) is 0.706. The van der Waals surface area contributed by atoms with Crippen molar-refractivity contribution in [3.63, 3.8) is 0 Å². The van der Waals surface area contributed by atoms with E-state index < -0.39 is 33.9 Å². The van der Waals surface area contributed by atoms with Gasteiger partial charge in [-0.15, -0.1) is 0 Å². The first-order chi connectivity index (χ1) is 12.8. The minimum atomic E-state index is -3.16. The highest BCUT2D eigenvalue weighted by molar-refractivity contribution is 7.91. The maximum atomic E-state index is 12.5. The van der Waals surface area contributed by atoms with Crippen molar-refractivity contribution in [1.82, 2.24) is 5.32 Å². The number of phenols is 1. The third-order valence-corrected chi connectivity index (χ3v) is 6.85. The average Bonchev–Trinajstić information content (AvgIpc) is 2.85. The first-order valence-corrected chi connectivity index (χ1v) is 11.2. The van der Waals surface area contributed by atoms with E-state index in [0.29, 0.717) is 12.0 Å². The first-order valence-electron chi connectivity index (χ1n) is 9.39. The monoisotopic (exact) mass is 411 g/mol. The van der Waals surface area contributed by atoms with Crippen LogP contribution >= 0.6 is 0 Å². The molecule has 0 unspecified atom stereocenters. The lowest BCUT2D eigenvalue weighted by Gasteiger charge is -2.23. The maximum Gasteiger partial charge on any atom is 0.342 e. The fourth-order valence-electron chi connectivity index (χ4n) is 3.30. The molecular formula is C20H29NO6S. The van der Waals surface area contributed by atoms with E-state index in [1.165, 1.54) is 0 Å². The normalized spacial score (nSPS) is 21.1. The summed E-state index contributed by atoms with van der Waals surface area (Å²) in [5, 5.41) is 13.1. The number of aromatic hydroxyl groups is 1. The van der Waals surface area contributed by atoms with Crippen molar-refractivity contribution < 1.29 is 27.9 Å². The summed E-state index contributed by atoms with van der Waals surface area (Å²) < 4.78 is 28.3. The number of hydrogen-bond donors (Lipinski definition) is 2. The summed E-state index contributed by atoms with van der Waals surface area (Å²) in [6, 6.07) is 3.45. The molecule has 0 spiro atoms. The van der Waals surface area contributed by atoms with Gasteiger partial charge in [0.2, 0.25) is 0 Å². The molecule has 1 fully saturated rings. The Morgan fingerprint density at radius 1 is 1.21 bits per heavy atom. The molecule has 1 aromatic carbocycles. The van der Waals surface area contributed by atoms with Crippen LogP contribution in [0, 0.1) is 0 Å². The fraction of sp³-hybridized carbons (Fsp3) is 0.600. The summed E-state index contributed by atoms with van der Waals surface area (Å²) in [4.78, 5) is 24.6. The van der Waals surface area contributed by atoms with Gasteiger partial charge in [-0.1, -0.05) is 33.8 Å². The van der Waals surface area contributed by atoms with E-state index >= 15 is 0 Å². The number of hydrogen-bond acceptors (Lipinski definition) is 6. The van der Waals surface area contributed by atoms with Crippen molar-refractivity contribution in [2.45, 2.75) is 58.4 Å². The number of phenolic OH excluding ortho intramolecular Hbond substituents is 1. The molecule has 2 rings (SSSR count). The average molecular weight is 412 g/mol. The molecule has 0 aliphatic carbocycles. The minimum absolute atomic E-state index is 0.0119. The second-order valence-corrected chi connectivity index (χ2v) is 10.5. The van der Waals surface area contributed by atoms with Crippen LogP contribution in [0.15, 0.2) is 12.1 Å². The molecule has 7 nitrogen and oxygen atoms in total. The molecule has 1 amide bonds. The maximum absolute atomic E-state index is 12.5. The molecule has 1 saturated heterocycles. The SMILES string of the molecule is CC(C)c1cc(C(=O)OCC(=O)N[C@]2(C)CCS(=O)(=O)C2)c(O)c(C(C)C)c1. The van der Waals surface area contributed by atoms with Gasteiger partial charge >= 0.3 is 5.97 Å². The molecule has 28 heavy (non-hydrogen) atoms. The summed E-state index contributed by atoms with van der Waals surface area (Å²) in [6.07, 6.45) is 0.323. The van der Waals surface area contributed by atoms with Gasteiger partial charge in [-0.3, -0.25) is 4.79 Å². The van der Waals surface area contributed by atoms with Gasteiger partial charge in [-0.05, 0) is 42.4 Å². The number of benzene rings is 1. The summed E-state index contributed by atoms with van der Waals surface area (Å²) in [5.74, 6) is -1.45. The van der Waals surface area contributed by atoms with Crippen LogP contribution in [0.3, 0.4) is 0 Å². The van der Waals surface area contributed by atoms with Crippen LogP contribution in [0.4, 0.5) is 0 Å². The molecule has 1 atom stereocenters. The number of nitrogens with one attached hydrogen (secondary N) is 1. The first kappa shape index (κ1) is 22.2. The van der Waals surface area contributed by atoms with Crippen LogP contribution in [0.25, 0.3) is 0 Å². The molecule has 0 radical (unpaired) electrons. The third-order valence-electron chi connectivity index (χ3n) is 4.95. The van der Waals surface area contributed by atoms with E-state index in [9.17, 15) is 23.1 Å². The van der Waals surface area contributed by atoms with Crippen molar-refractivity contribution in [1.29, 1.82) is 0 Å². The van der Waals surface area contributed by atoms with Crippen LogP contribution in [-0.2, 0) is 19.4 Å². The second-order valence-electron chi connectivity index (χ2n) is 8.34. The van der Waals surface area contributed by atoms with E-state index in [-0.39, 0.29) is 34.7 Å². The molecular weight excluding hydrogens is 382 g/mol. The van der Waals surface area contributed by atoms with Crippen molar-refractivity contribution >= 4 is 21.7 Å². The number of carbonyl (C=O) groups is 2. The zero-order valence-electron chi connectivity index (χ0n) is 17.0.